The largest absolute Gasteiger partial charge is 0.427 e. The summed E-state index contributed by atoms with van der Waals surface area (Å²) in [6, 6.07) is 5.12. The van der Waals surface area contributed by atoms with Crippen LogP contribution in [-0.2, 0) is 14.4 Å². The van der Waals surface area contributed by atoms with Crippen molar-refractivity contribution in [3.63, 3.8) is 0 Å². The van der Waals surface area contributed by atoms with Gasteiger partial charge in [-0.05, 0) is 18.6 Å². The van der Waals surface area contributed by atoms with E-state index in [0.717, 1.165) is 4.90 Å². The van der Waals surface area contributed by atoms with Crippen LogP contribution in [0.25, 0.3) is 0 Å². The van der Waals surface area contributed by atoms with Crippen molar-refractivity contribution < 1.29 is 24.0 Å². The standard InChI is InChI=1S/C14H12N2O6/c17-12-7-8-13(18)15(12)9-1-2-14(19)22-11-5-3-10(4-6-11)16(20)21/h3-8H,1-2,9H2. The molecule has 0 saturated carbocycles. The fourth-order valence-electron chi connectivity index (χ4n) is 1.85. The normalized spacial score (nSPS) is 13.5. The van der Waals surface area contributed by atoms with Gasteiger partial charge >= 0.3 is 5.97 Å². The van der Waals surface area contributed by atoms with Gasteiger partial charge in [-0.25, -0.2) is 0 Å². The molecule has 1 aliphatic rings. The summed E-state index contributed by atoms with van der Waals surface area (Å²) in [7, 11) is 0. The maximum atomic E-state index is 11.6. The van der Waals surface area contributed by atoms with Crippen molar-refractivity contribution in [1.82, 2.24) is 4.90 Å². The summed E-state index contributed by atoms with van der Waals surface area (Å²) < 4.78 is 5.00. The number of hydrogen-bond acceptors (Lipinski definition) is 6. The molecule has 0 N–H and O–H groups in total. The number of esters is 1. The first-order valence-corrected chi connectivity index (χ1v) is 6.46. The third-order valence-electron chi connectivity index (χ3n) is 2.94. The van der Waals surface area contributed by atoms with Gasteiger partial charge in [0.25, 0.3) is 17.5 Å². The number of nitrogens with zero attached hydrogens (tertiary/aromatic N) is 2. The molecule has 0 spiro atoms. The highest BCUT2D eigenvalue weighted by atomic mass is 16.6. The molecule has 1 aromatic carbocycles. The minimum atomic E-state index is -0.552. The molecule has 8 nitrogen and oxygen atoms in total. The van der Waals surface area contributed by atoms with Gasteiger partial charge in [-0.2, -0.15) is 0 Å². The van der Waals surface area contributed by atoms with E-state index in [4.69, 9.17) is 4.74 Å². The highest BCUT2D eigenvalue weighted by molar-refractivity contribution is 6.12. The number of imide groups is 1. The van der Waals surface area contributed by atoms with E-state index in [9.17, 15) is 24.5 Å². The molecule has 0 radical (unpaired) electrons. The minimum Gasteiger partial charge on any atom is -0.427 e. The number of hydrogen-bond donors (Lipinski definition) is 0. The van der Waals surface area contributed by atoms with Crippen molar-refractivity contribution in [3.05, 3.63) is 46.5 Å². The molecule has 0 aliphatic carbocycles. The van der Waals surface area contributed by atoms with Crippen LogP contribution in [0.15, 0.2) is 36.4 Å². The van der Waals surface area contributed by atoms with Crippen molar-refractivity contribution in [2.24, 2.45) is 0 Å². The molecule has 8 heteroatoms. The van der Waals surface area contributed by atoms with E-state index in [0.29, 0.717) is 0 Å². The number of non-ortho nitro benzene ring substituents is 1. The van der Waals surface area contributed by atoms with Crippen LogP contribution >= 0.6 is 0 Å². The number of amides is 2. The molecule has 114 valence electrons. The zero-order chi connectivity index (χ0) is 16.1. The summed E-state index contributed by atoms with van der Waals surface area (Å²) in [6.07, 6.45) is 2.66. The van der Waals surface area contributed by atoms with Crippen molar-refractivity contribution in [2.45, 2.75) is 12.8 Å². The number of benzene rings is 1. The van der Waals surface area contributed by atoms with E-state index in [1.165, 1.54) is 36.4 Å². The number of carbonyl (C=O) groups excluding carboxylic acids is 3. The highest BCUT2D eigenvalue weighted by Gasteiger charge is 2.22. The lowest BCUT2D eigenvalue weighted by molar-refractivity contribution is -0.384. The SMILES string of the molecule is O=C(CCCN1C(=O)C=CC1=O)Oc1ccc([N+](=O)[O-])cc1. The number of rotatable bonds is 6. The Bertz CT molecular complexity index is 632. The van der Waals surface area contributed by atoms with Crippen LogP contribution in [-0.4, -0.2) is 34.2 Å². The predicted molar refractivity (Wildman–Crippen MR) is 73.8 cm³/mol. The molecule has 0 aromatic heterocycles. The molecule has 0 fully saturated rings. The van der Waals surface area contributed by atoms with Gasteiger partial charge in [-0.15, -0.1) is 0 Å². The van der Waals surface area contributed by atoms with Crippen molar-refractivity contribution in [2.75, 3.05) is 6.54 Å². The smallest absolute Gasteiger partial charge is 0.311 e. The average Bonchev–Trinajstić information content (AvgIpc) is 2.79. The van der Waals surface area contributed by atoms with Gasteiger partial charge < -0.3 is 4.74 Å². The van der Waals surface area contributed by atoms with Crippen LogP contribution in [0.5, 0.6) is 5.75 Å². The molecule has 0 bridgehead atoms. The van der Waals surface area contributed by atoms with Gasteiger partial charge in [0, 0.05) is 37.3 Å². The molecule has 22 heavy (non-hydrogen) atoms. The Labute approximate surface area is 125 Å². The Balaban J connectivity index is 1.77. The number of ether oxygens (including phenoxy) is 1. The fraction of sp³-hybridized carbons (Fsp3) is 0.214. The molecular formula is C14H12N2O6. The predicted octanol–water partition coefficient (Wildman–Crippen LogP) is 1.21. The van der Waals surface area contributed by atoms with Crippen LogP contribution in [0, 0.1) is 10.1 Å². The topological polar surface area (TPSA) is 107 Å². The molecule has 0 atom stereocenters. The van der Waals surface area contributed by atoms with Gasteiger partial charge in [-0.3, -0.25) is 29.4 Å². The molecule has 0 unspecified atom stereocenters. The molecule has 1 heterocycles. The van der Waals surface area contributed by atoms with E-state index in [-0.39, 0.29) is 30.8 Å². The zero-order valence-electron chi connectivity index (χ0n) is 11.4. The lowest BCUT2D eigenvalue weighted by atomic mass is 10.3. The Hall–Kier alpha value is -3.03. The number of nitro groups is 1. The molecule has 0 saturated heterocycles. The maximum Gasteiger partial charge on any atom is 0.311 e. The third-order valence-corrected chi connectivity index (χ3v) is 2.94. The summed E-state index contributed by atoms with van der Waals surface area (Å²) >= 11 is 0. The van der Waals surface area contributed by atoms with Gasteiger partial charge in [0.2, 0.25) is 0 Å². The lowest BCUT2D eigenvalue weighted by Gasteiger charge is -2.12. The quantitative estimate of drug-likeness (QED) is 0.257. The van der Waals surface area contributed by atoms with Gasteiger partial charge in [0.15, 0.2) is 0 Å². The van der Waals surface area contributed by atoms with Gasteiger partial charge in [0.05, 0.1) is 4.92 Å². The Kier molecular flexibility index (Phi) is 4.62. The fourth-order valence-corrected chi connectivity index (χ4v) is 1.85. The van der Waals surface area contributed by atoms with Crippen LogP contribution in [0.2, 0.25) is 0 Å². The van der Waals surface area contributed by atoms with Crippen LogP contribution in [0.1, 0.15) is 12.8 Å². The second-order valence-electron chi connectivity index (χ2n) is 4.49. The molecule has 1 aliphatic heterocycles. The summed E-state index contributed by atoms with van der Waals surface area (Å²) in [5, 5.41) is 10.5. The summed E-state index contributed by atoms with van der Waals surface area (Å²) in [5.74, 6) is -1.13. The summed E-state index contributed by atoms with van der Waals surface area (Å²) in [6.45, 7) is 0.139. The Morgan fingerprint density at radius 3 is 2.27 bits per heavy atom. The monoisotopic (exact) mass is 304 g/mol. The second-order valence-corrected chi connectivity index (χ2v) is 4.49. The van der Waals surface area contributed by atoms with Crippen molar-refractivity contribution >= 4 is 23.5 Å². The number of carbonyl (C=O) groups is 3. The van der Waals surface area contributed by atoms with Gasteiger partial charge in [0.1, 0.15) is 5.75 Å². The maximum absolute atomic E-state index is 11.6. The van der Waals surface area contributed by atoms with Gasteiger partial charge in [-0.1, -0.05) is 0 Å². The van der Waals surface area contributed by atoms with E-state index < -0.39 is 22.7 Å². The molecule has 2 amide bonds. The van der Waals surface area contributed by atoms with E-state index in [1.807, 2.05) is 0 Å². The van der Waals surface area contributed by atoms with E-state index in [1.54, 1.807) is 0 Å². The van der Waals surface area contributed by atoms with Crippen LogP contribution in [0.4, 0.5) is 5.69 Å². The molecule has 2 rings (SSSR count). The van der Waals surface area contributed by atoms with E-state index >= 15 is 0 Å². The van der Waals surface area contributed by atoms with Crippen molar-refractivity contribution in [1.29, 1.82) is 0 Å². The first-order valence-electron chi connectivity index (χ1n) is 6.46. The highest BCUT2D eigenvalue weighted by Crippen LogP contribution is 2.18. The van der Waals surface area contributed by atoms with Crippen LogP contribution in [0.3, 0.4) is 0 Å². The lowest BCUT2D eigenvalue weighted by Crippen LogP contribution is -2.31. The second kappa shape index (κ2) is 6.61. The zero-order valence-corrected chi connectivity index (χ0v) is 11.4. The first-order chi connectivity index (χ1) is 10.5. The van der Waals surface area contributed by atoms with Crippen LogP contribution < -0.4 is 4.74 Å². The number of nitro benzene ring substituents is 1. The molecule has 1 aromatic rings. The van der Waals surface area contributed by atoms with E-state index in [2.05, 4.69) is 0 Å². The average molecular weight is 304 g/mol. The minimum absolute atomic E-state index is 0.0219. The third kappa shape index (κ3) is 3.75. The first kappa shape index (κ1) is 15.4. The summed E-state index contributed by atoms with van der Waals surface area (Å²) in [4.78, 5) is 45.2. The molecular weight excluding hydrogens is 292 g/mol. The summed E-state index contributed by atoms with van der Waals surface area (Å²) in [5.41, 5.74) is -0.0987. The van der Waals surface area contributed by atoms with Crippen molar-refractivity contribution in [3.8, 4) is 5.75 Å². The Morgan fingerprint density at radius 1 is 1.14 bits per heavy atom. The Morgan fingerprint density at radius 2 is 1.73 bits per heavy atom.